The van der Waals surface area contributed by atoms with Gasteiger partial charge in [-0.3, -0.25) is 4.79 Å². The van der Waals surface area contributed by atoms with Crippen molar-refractivity contribution in [2.24, 2.45) is 17.6 Å². The summed E-state index contributed by atoms with van der Waals surface area (Å²) in [5.74, 6) is 1.42. The van der Waals surface area contributed by atoms with Crippen molar-refractivity contribution < 1.29 is 4.79 Å². The first-order chi connectivity index (χ1) is 7.70. The van der Waals surface area contributed by atoms with Gasteiger partial charge in [0.05, 0.1) is 0 Å². The van der Waals surface area contributed by atoms with Gasteiger partial charge >= 0.3 is 0 Å². The van der Waals surface area contributed by atoms with E-state index in [1.807, 2.05) is 0 Å². The first kappa shape index (κ1) is 11.9. The summed E-state index contributed by atoms with van der Waals surface area (Å²) >= 11 is 0. The molecule has 0 aromatic rings. The van der Waals surface area contributed by atoms with Gasteiger partial charge < -0.3 is 10.6 Å². The summed E-state index contributed by atoms with van der Waals surface area (Å²) in [5.41, 5.74) is 5.87. The van der Waals surface area contributed by atoms with Crippen LogP contribution in [0, 0.1) is 11.8 Å². The molecule has 1 amide bonds. The highest BCUT2D eigenvalue weighted by Crippen LogP contribution is 2.28. The van der Waals surface area contributed by atoms with Gasteiger partial charge in [-0.2, -0.15) is 0 Å². The van der Waals surface area contributed by atoms with Crippen molar-refractivity contribution in [1.82, 2.24) is 4.90 Å². The Morgan fingerprint density at radius 3 is 2.50 bits per heavy atom. The molecule has 0 aromatic carbocycles. The maximum atomic E-state index is 12.3. The first-order valence-electron chi connectivity index (χ1n) is 6.75. The van der Waals surface area contributed by atoms with E-state index in [1.165, 1.54) is 12.8 Å². The van der Waals surface area contributed by atoms with Crippen molar-refractivity contribution in [2.75, 3.05) is 13.1 Å². The fourth-order valence-electron chi connectivity index (χ4n) is 2.99. The molecule has 1 heterocycles. The quantitative estimate of drug-likeness (QED) is 0.777. The van der Waals surface area contributed by atoms with Gasteiger partial charge in [0.1, 0.15) is 0 Å². The first-order valence-corrected chi connectivity index (χ1v) is 6.75. The number of nitrogens with two attached hydrogens (primary N) is 1. The third-order valence-corrected chi connectivity index (χ3v) is 4.30. The predicted molar refractivity (Wildman–Crippen MR) is 64.9 cm³/mol. The molecule has 3 heteroatoms. The van der Waals surface area contributed by atoms with Gasteiger partial charge in [0.2, 0.25) is 5.91 Å². The Bertz CT molecular complexity index is 242. The molecule has 0 spiro atoms. The molecule has 1 unspecified atom stereocenters. The SMILES string of the molecule is CCC1CCN(C(=O)C2CCC(N)CC2)C1. The van der Waals surface area contributed by atoms with E-state index in [-0.39, 0.29) is 5.92 Å². The summed E-state index contributed by atoms with van der Waals surface area (Å²) in [4.78, 5) is 14.3. The van der Waals surface area contributed by atoms with E-state index in [2.05, 4.69) is 11.8 Å². The largest absolute Gasteiger partial charge is 0.342 e. The van der Waals surface area contributed by atoms with E-state index in [9.17, 15) is 4.79 Å². The van der Waals surface area contributed by atoms with Gasteiger partial charge in [-0.25, -0.2) is 0 Å². The average Bonchev–Trinajstić information content (AvgIpc) is 2.77. The molecular formula is C13H24N2O. The number of rotatable bonds is 2. The van der Waals surface area contributed by atoms with Crippen LogP contribution < -0.4 is 5.73 Å². The minimum absolute atomic E-state index is 0.274. The number of likely N-dealkylation sites (tertiary alicyclic amines) is 1. The monoisotopic (exact) mass is 224 g/mol. The van der Waals surface area contributed by atoms with Crippen LogP contribution in [0.1, 0.15) is 45.4 Å². The maximum Gasteiger partial charge on any atom is 0.225 e. The lowest BCUT2D eigenvalue weighted by molar-refractivity contribution is -0.135. The average molecular weight is 224 g/mol. The van der Waals surface area contributed by atoms with E-state index in [1.54, 1.807) is 0 Å². The second-order valence-corrected chi connectivity index (χ2v) is 5.46. The fraction of sp³-hybridized carbons (Fsp3) is 0.923. The highest BCUT2D eigenvalue weighted by molar-refractivity contribution is 5.79. The summed E-state index contributed by atoms with van der Waals surface area (Å²) < 4.78 is 0. The van der Waals surface area contributed by atoms with E-state index in [4.69, 9.17) is 5.73 Å². The zero-order chi connectivity index (χ0) is 11.5. The number of carbonyl (C=O) groups excluding carboxylic acids is 1. The van der Waals surface area contributed by atoms with Crippen LogP contribution in [0.2, 0.25) is 0 Å². The molecule has 0 bridgehead atoms. The van der Waals surface area contributed by atoms with E-state index >= 15 is 0 Å². The van der Waals surface area contributed by atoms with E-state index in [0.717, 1.165) is 44.7 Å². The van der Waals surface area contributed by atoms with Crippen LogP contribution in [0.5, 0.6) is 0 Å². The molecule has 92 valence electrons. The minimum atomic E-state index is 0.274. The normalized spacial score (nSPS) is 35.4. The third-order valence-electron chi connectivity index (χ3n) is 4.30. The standard InChI is InChI=1S/C13H24N2O/c1-2-10-7-8-15(9-10)13(16)11-3-5-12(14)6-4-11/h10-12H,2-9,14H2,1H3. The zero-order valence-corrected chi connectivity index (χ0v) is 10.3. The van der Waals surface area contributed by atoms with Crippen LogP contribution in [0.3, 0.4) is 0 Å². The van der Waals surface area contributed by atoms with E-state index < -0.39 is 0 Å². The van der Waals surface area contributed by atoms with Crippen molar-refractivity contribution >= 4 is 5.91 Å². The Hall–Kier alpha value is -0.570. The summed E-state index contributed by atoms with van der Waals surface area (Å²) in [7, 11) is 0. The molecule has 2 fully saturated rings. The van der Waals surface area contributed by atoms with Gasteiger partial charge in [0.15, 0.2) is 0 Å². The highest BCUT2D eigenvalue weighted by atomic mass is 16.2. The number of amides is 1. The van der Waals surface area contributed by atoms with Gasteiger partial charge in [0, 0.05) is 25.0 Å². The third kappa shape index (κ3) is 2.57. The Morgan fingerprint density at radius 1 is 1.25 bits per heavy atom. The summed E-state index contributed by atoms with van der Waals surface area (Å²) in [6.45, 7) is 4.20. The number of nitrogens with zero attached hydrogens (tertiary/aromatic N) is 1. The minimum Gasteiger partial charge on any atom is -0.342 e. The summed E-state index contributed by atoms with van der Waals surface area (Å²) in [6.07, 6.45) is 6.48. The molecule has 0 aromatic heterocycles. The molecule has 1 saturated heterocycles. The zero-order valence-electron chi connectivity index (χ0n) is 10.3. The van der Waals surface area contributed by atoms with Gasteiger partial charge in [-0.15, -0.1) is 0 Å². The second-order valence-electron chi connectivity index (χ2n) is 5.46. The predicted octanol–water partition coefficient (Wildman–Crippen LogP) is 1.76. The lowest BCUT2D eigenvalue weighted by atomic mass is 9.85. The van der Waals surface area contributed by atoms with Crippen LogP contribution in [0.4, 0.5) is 0 Å². The van der Waals surface area contributed by atoms with Gasteiger partial charge in [0.25, 0.3) is 0 Å². The van der Waals surface area contributed by atoms with Crippen molar-refractivity contribution in [3.8, 4) is 0 Å². The fourth-order valence-corrected chi connectivity index (χ4v) is 2.99. The van der Waals surface area contributed by atoms with Crippen LogP contribution in [0.15, 0.2) is 0 Å². The number of hydrogen-bond donors (Lipinski definition) is 1. The van der Waals surface area contributed by atoms with Crippen molar-refractivity contribution in [3.05, 3.63) is 0 Å². The molecule has 1 atom stereocenters. The van der Waals surface area contributed by atoms with Crippen molar-refractivity contribution in [1.29, 1.82) is 0 Å². The van der Waals surface area contributed by atoms with Gasteiger partial charge in [-0.1, -0.05) is 13.3 Å². The number of carbonyl (C=O) groups is 1. The highest BCUT2D eigenvalue weighted by Gasteiger charge is 2.31. The molecule has 1 aliphatic carbocycles. The molecule has 2 rings (SSSR count). The van der Waals surface area contributed by atoms with Crippen LogP contribution in [-0.4, -0.2) is 29.9 Å². The Balaban J connectivity index is 1.83. The second kappa shape index (κ2) is 5.17. The van der Waals surface area contributed by atoms with Crippen molar-refractivity contribution in [2.45, 2.75) is 51.5 Å². The molecule has 2 aliphatic rings. The van der Waals surface area contributed by atoms with Crippen LogP contribution in [-0.2, 0) is 4.79 Å². The summed E-state index contributed by atoms with van der Waals surface area (Å²) in [5, 5.41) is 0. The lowest BCUT2D eigenvalue weighted by Gasteiger charge is -2.28. The molecule has 0 radical (unpaired) electrons. The molecular weight excluding hydrogens is 200 g/mol. The Kier molecular flexibility index (Phi) is 3.85. The lowest BCUT2D eigenvalue weighted by Crippen LogP contribution is -2.38. The Morgan fingerprint density at radius 2 is 1.94 bits per heavy atom. The van der Waals surface area contributed by atoms with Gasteiger partial charge in [-0.05, 0) is 38.0 Å². The number of hydrogen-bond acceptors (Lipinski definition) is 2. The molecule has 1 aliphatic heterocycles. The molecule has 2 N–H and O–H groups in total. The topological polar surface area (TPSA) is 46.3 Å². The van der Waals surface area contributed by atoms with Crippen LogP contribution in [0.25, 0.3) is 0 Å². The molecule has 3 nitrogen and oxygen atoms in total. The Labute approximate surface area is 98.4 Å². The van der Waals surface area contributed by atoms with Crippen molar-refractivity contribution in [3.63, 3.8) is 0 Å². The maximum absolute atomic E-state index is 12.3. The van der Waals surface area contributed by atoms with Crippen LogP contribution >= 0.6 is 0 Å². The van der Waals surface area contributed by atoms with E-state index in [0.29, 0.717) is 11.9 Å². The smallest absolute Gasteiger partial charge is 0.225 e. The molecule has 16 heavy (non-hydrogen) atoms. The molecule has 1 saturated carbocycles. The summed E-state index contributed by atoms with van der Waals surface area (Å²) in [6, 6.07) is 0.339.